The molecule has 0 saturated heterocycles. The number of nitrogens with one attached hydrogen (secondary N) is 1. The molecule has 0 radical (unpaired) electrons. The first-order valence-electron chi connectivity index (χ1n) is 6.41. The topological polar surface area (TPSA) is 47.6 Å². The van der Waals surface area contributed by atoms with Gasteiger partial charge in [-0.25, -0.2) is 0 Å². The molecule has 106 valence electrons. The quantitative estimate of drug-likeness (QED) is 0.832. The molecule has 0 aliphatic heterocycles. The Morgan fingerprint density at radius 1 is 1.32 bits per heavy atom. The first kappa shape index (κ1) is 15.5. The molecule has 0 aliphatic rings. The Hall–Kier alpha value is -1.55. The third-order valence-electron chi connectivity index (χ3n) is 2.58. The van der Waals surface area contributed by atoms with Crippen molar-refractivity contribution in [1.29, 1.82) is 0 Å². The van der Waals surface area contributed by atoms with Crippen molar-refractivity contribution in [3.8, 4) is 5.75 Å². The summed E-state index contributed by atoms with van der Waals surface area (Å²) >= 11 is 0. The van der Waals surface area contributed by atoms with Crippen molar-refractivity contribution in [3.05, 3.63) is 29.8 Å². The van der Waals surface area contributed by atoms with Crippen molar-refractivity contribution >= 4 is 5.97 Å². The number of carbonyl (C=O) groups is 1. The van der Waals surface area contributed by atoms with Crippen molar-refractivity contribution in [1.82, 2.24) is 5.32 Å². The van der Waals surface area contributed by atoms with Gasteiger partial charge in [0.15, 0.2) is 0 Å². The van der Waals surface area contributed by atoms with Gasteiger partial charge < -0.3 is 14.8 Å². The lowest BCUT2D eigenvalue weighted by Crippen LogP contribution is -2.32. The second-order valence-corrected chi connectivity index (χ2v) is 5.43. The SMILES string of the molecule is COc1ccccc1[C@H](C)NCC(=O)OC(C)(C)C. The molecule has 1 aromatic rings. The predicted octanol–water partition coefficient (Wildman–Crippen LogP) is 2.69. The highest BCUT2D eigenvalue weighted by molar-refractivity contribution is 5.72. The predicted molar refractivity (Wildman–Crippen MR) is 75.3 cm³/mol. The number of hydrogen-bond donors (Lipinski definition) is 1. The Morgan fingerprint density at radius 2 is 1.95 bits per heavy atom. The van der Waals surface area contributed by atoms with Gasteiger partial charge in [-0.3, -0.25) is 4.79 Å². The van der Waals surface area contributed by atoms with Crippen LogP contribution < -0.4 is 10.1 Å². The van der Waals surface area contributed by atoms with E-state index in [2.05, 4.69) is 5.32 Å². The van der Waals surface area contributed by atoms with E-state index in [-0.39, 0.29) is 18.6 Å². The molecule has 19 heavy (non-hydrogen) atoms. The molecule has 1 N–H and O–H groups in total. The molecule has 0 heterocycles. The number of benzene rings is 1. The summed E-state index contributed by atoms with van der Waals surface area (Å²) in [5, 5.41) is 3.14. The van der Waals surface area contributed by atoms with Crippen molar-refractivity contribution in [3.63, 3.8) is 0 Å². The Labute approximate surface area is 115 Å². The average Bonchev–Trinajstić information content (AvgIpc) is 2.33. The first-order chi connectivity index (χ1) is 8.83. The largest absolute Gasteiger partial charge is 0.496 e. The molecule has 1 rings (SSSR count). The van der Waals surface area contributed by atoms with E-state index in [0.717, 1.165) is 11.3 Å². The Morgan fingerprint density at radius 3 is 2.53 bits per heavy atom. The minimum absolute atomic E-state index is 0.0173. The van der Waals surface area contributed by atoms with Gasteiger partial charge in [0.2, 0.25) is 0 Å². The molecular formula is C15H23NO3. The normalized spacial score (nSPS) is 12.9. The standard InChI is InChI=1S/C15H23NO3/c1-11(12-8-6-7-9-13(12)18-5)16-10-14(17)19-15(2,3)4/h6-9,11,16H,10H2,1-5H3/t11-/m0/s1. The number of rotatable bonds is 5. The number of para-hydroxylation sites is 1. The molecule has 0 amide bonds. The molecule has 0 fully saturated rings. The minimum Gasteiger partial charge on any atom is -0.496 e. The van der Waals surface area contributed by atoms with Crippen LogP contribution in [0, 0.1) is 0 Å². The van der Waals surface area contributed by atoms with Crippen molar-refractivity contribution in [2.45, 2.75) is 39.3 Å². The van der Waals surface area contributed by atoms with Gasteiger partial charge in [-0.2, -0.15) is 0 Å². The van der Waals surface area contributed by atoms with E-state index < -0.39 is 5.60 Å². The first-order valence-corrected chi connectivity index (χ1v) is 6.41. The van der Waals surface area contributed by atoms with Gasteiger partial charge in [-0.1, -0.05) is 18.2 Å². The average molecular weight is 265 g/mol. The van der Waals surface area contributed by atoms with Crippen LogP contribution in [0.25, 0.3) is 0 Å². The van der Waals surface area contributed by atoms with Gasteiger partial charge >= 0.3 is 5.97 Å². The maximum absolute atomic E-state index is 11.6. The van der Waals surface area contributed by atoms with E-state index in [9.17, 15) is 4.79 Å². The fraction of sp³-hybridized carbons (Fsp3) is 0.533. The van der Waals surface area contributed by atoms with Crippen LogP contribution in [0.3, 0.4) is 0 Å². The van der Waals surface area contributed by atoms with Gasteiger partial charge in [0.25, 0.3) is 0 Å². The van der Waals surface area contributed by atoms with Crippen LogP contribution in [0.1, 0.15) is 39.3 Å². The summed E-state index contributed by atoms with van der Waals surface area (Å²) in [4.78, 5) is 11.6. The highest BCUT2D eigenvalue weighted by Gasteiger charge is 2.17. The molecule has 0 aromatic heterocycles. The molecule has 0 spiro atoms. The molecule has 4 nitrogen and oxygen atoms in total. The summed E-state index contributed by atoms with van der Waals surface area (Å²) in [6.07, 6.45) is 0. The van der Waals surface area contributed by atoms with Crippen LogP contribution in [-0.2, 0) is 9.53 Å². The number of hydrogen-bond acceptors (Lipinski definition) is 4. The lowest BCUT2D eigenvalue weighted by molar-refractivity contribution is -0.153. The van der Waals surface area contributed by atoms with E-state index in [4.69, 9.17) is 9.47 Å². The maximum Gasteiger partial charge on any atom is 0.320 e. The summed E-state index contributed by atoms with van der Waals surface area (Å²) in [5.41, 5.74) is 0.570. The zero-order chi connectivity index (χ0) is 14.5. The third-order valence-corrected chi connectivity index (χ3v) is 2.58. The lowest BCUT2D eigenvalue weighted by Gasteiger charge is -2.21. The van der Waals surface area contributed by atoms with E-state index in [1.807, 2.05) is 52.0 Å². The Bertz CT molecular complexity index is 424. The van der Waals surface area contributed by atoms with Crippen LogP contribution >= 0.6 is 0 Å². The van der Waals surface area contributed by atoms with Gasteiger partial charge in [0.05, 0.1) is 13.7 Å². The highest BCUT2D eigenvalue weighted by Crippen LogP contribution is 2.24. The maximum atomic E-state index is 11.6. The lowest BCUT2D eigenvalue weighted by atomic mass is 10.1. The molecule has 1 aromatic carbocycles. The second-order valence-electron chi connectivity index (χ2n) is 5.43. The summed E-state index contributed by atoms with van der Waals surface area (Å²) in [5.74, 6) is 0.556. The van der Waals surface area contributed by atoms with Crippen LogP contribution in [-0.4, -0.2) is 25.2 Å². The summed E-state index contributed by atoms with van der Waals surface area (Å²) in [7, 11) is 1.64. The molecule has 0 saturated carbocycles. The number of ether oxygens (including phenoxy) is 2. The number of carbonyl (C=O) groups excluding carboxylic acids is 1. The van der Waals surface area contributed by atoms with Crippen LogP contribution in [0.2, 0.25) is 0 Å². The highest BCUT2D eigenvalue weighted by atomic mass is 16.6. The molecule has 0 bridgehead atoms. The molecule has 4 heteroatoms. The fourth-order valence-electron chi connectivity index (χ4n) is 1.75. The van der Waals surface area contributed by atoms with Crippen molar-refractivity contribution in [2.24, 2.45) is 0 Å². The van der Waals surface area contributed by atoms with E-state index in [0.29, 0.717) is 0 Å². The van der Waals surface area contributed by atoms with Gasteiger partial charge in [0, 0.05) is 11.6 Å². The summed E-state index contributed by atoms with van der Waals surface area (Å²) in [6.45, 7) is 7.73. The summed E-state index contributed by atoms with van der Waals surface area (Å²) in [6, 6.07) is 7.77. The summed E-state index contributed by atoms with van der Waals surface area (Å²) < 4.78 is 10.5. The monoisotopic (exact) mass is 265 g/mol. The number of methoxy groups -OCH3 is 1. The smallest absolute Gasteiger partial charge is 0.320 e. The molecule has 1 atom stereocenters. The van der Waals surface area contributed by atoms with Gasteiger partial charge in [-0.15, -0.1) is 0 Å². The van der Waals surface area contributed by atoms with Gasteiger partial charge in [-0.05, 0) is 33.8 Å². The minimum atomic E-state index is -0.452. The Kier molecular flexibility index (Phi) is 5.36. The molecule has 0 unspecified atom stereocenters. The number of esters is 1. The van der Waals surface area contributed by atoms with Crippen LogP contribution in [0.5, 0.6) is 5.75 Å². The zero-order valence-corrected chi connectivity index (χ0v) is 12.3. The van der Waals surface area contributed by atoms with Crippen LogP contribution in [0.4, 0.5) is 0 Å². The van der Waals surface area contributed by atoms with Gasteiger partial charge in [0.1, 0.15) is 11.4 Å². The van der Waals surface area contributed by atoms with Crippen molar-refractivity contribution < 1.29 is 14.3 Å². The third kappa shape index (κ3) is 5.30. The van der Waals surface area contributed by atoms with E-state index in [1.54, 1.807) is 7.11 Å². The molecular weight excluding hydrogens is 242 g/mol. The Balaban J connectivity index is 2.56. The second kappa shape index (κ2) is 6.57. The van der Waals surface area contributed by atoms with E-state index >= 15 is 0 Å². The fourth-order valence-corrected chi connectivity index (χ4v) is 1.75. The molecule has 0 aliphatic carbocycles. The van der Waals surface area contributed by atoms with Crippen molar-refractivity contribution in [2.75, 3.05) is 13.7 Å². The van der Waals surface area contributed by atoms with E-state index in [1.165, 1.54) is 0 Å². The van der Waals surface area contributed by atoms with Crippen LogP contribution in [0.15, 0.2) is 24.3 Å². The zero-order valence-electron chi connectivity index (χ0n) is 12.3.